The molecule has 0 unspecified atom stereocenters. The van der Waals surface area contributed by atoms with Gasteiger partial charge in [-0.3, -0.25) is 19.3 Å². The molecule has 1 atom stereocenters. The molecule has 0 bridgehead atoms. The van der Waals surface area contributed by atoms with Gasteiger partial charge in [0.1, 0.15) is 12.1 Å². The maximum Gasteiger partial charge on any atom is 0.325 e. The number of likely N-dealkylation sites (N-methyl/N-ethyl adjacent to an activating group) is 2. The van der Waals surface area contributed by atoms with E-state index in [-0.39, 0.29) is 12.5 Å². The first-order valence-corrected chi connectivity index (χ1v) is 10.0. The van der Waals surface area contributed by atoms with Crippen molar-refractivity contribution in [1.29, 1.82) is 0 Å². The average molecular weight is 402 g/mol. The summed E-state index contributed by atoms with van der Waals surface area (Å²) in [6.45, 7) is 6.29. The van der Waals surface area contributed by atoms with Crippen molar-refractivity contribution in [2.75, 3.05) is 33.2 Å². The number of benzene rings is 1. The summed E-state index contributed by atoms with van der Waals surface area (Å²) in [5.41, 5.74) is -0.469. The Balaban J connectivity index is 2.15. The maximum absolute atomic E-state index is 13.2. The summed E-state index contributed by atoms with van der Waals surface area (Å²) in [6.07, 6.45) is 1.11. The highest BCUT2D eigenvalue weighted by molar-refractivity contribution is 6.09. The first-order chi connectivity index (χ1) is 13.8. The zero-order valence-electron chi connectivity index (χ0n) is 17.6. The molecule has 8 nitrogen and oxygen atoms in total. The average Bonchev–Trinajstić information content (AvgIpc) is 2.94. The van der Waals surface area contributed by atoms with Gasteiger partial charge in [0.25, 0.3) is 5.91 Å². The molecule has 0 spiro atoms. The van der Waals surface area contributed by atoms with E-state index in [1.54, 1.807) is 17.0 Å². The predicted octanol–water partition coefficient (Wildman–Crippen LogP) is 1.56. The van der Waals surface area contributed by atoms with Gasteiger partial charge < -0.3 is 15.1 Å². The van der Waals surface area contributed by atoms with Gasteiger partial charge in [-0.05, 0) is 25.8 Å². The quantitative estimate of drug-likeness (QED) is 0.635. The van der Waals surface area contributed by atoms with E-state index in [2.05, 4.69) is 5.32 Å². The Kier molecular flexibility index (Phi) is 7.36. The molecular weight excluding hydrogens is 372 g/mol. The normalized spacial score (nSPS) is 18.6. The smallest absolute Gasteiger partial charge is 0.325 e. The van der Waals surface area contributed by atoms with E-state index in [1.807, 2.05) is 39.0 Å². The molecule has 1 heterocycles. The molecule has 1 aliphatic heterocycles. The summed E-state index contributed by atoms with van der Waals surface area (Å²) in [4.78, 5) is 54.5. The highest BCUT2D eigenvalue weighted by atomic mass is 16.2. The molecule has 0 aromatic heterocycles. The fourth-order valence-corrected chi connectivity index (χ4v) is 3.60. The van der Waals surface area contributed by atoms with Crippen molar-refractivity contribution in [2.45, 2.75) is 39.2 Å². The van der Waals surface area contributed by atoms with Gasteiger partial charge in [-0.15, -0.1) is 0 Å². The van der Waals surface area contributed by atoms with E-state index in [9.17, 15) is 19.2 Å². The molecule has 1 aromatic rings. The van der Waals surface area contributed by atoms with Gasteiger partial charge in [0.15, 0.2) is 0 Å². The van der Waals surface area contributed by atoms with Crippen LogP contribution in [0.25, 0.3) is 0 Å². The topological polar surface area (TPSA) is 90.0 Å². The van der Waals surface area contributed by atoms with Crippen LogP contribution in [-0.4, -0.2) is 71.7 Å². The molecule has 8 heteroatoms. The molecule has 1 aliphatic rings. The molecule has 1 saturated heterocycles. The molecule has 2 rings (SSSR count). The highest BCUT2D eigenvalue weighted by Gasteiger charge is 2.52. The van der Waals surface area contributed by atoms with Crippen LogP contribution in [0.15, 0.2) is 30.3 Å². The number of nitrogens with one attached hydrogen (secondary N) is 1. The van der Waals surface area contributed by atoms with Crippen molar-refractivity contribution in [3.8, 4) is 0 Å². The highest BCUT2D eigenvalue weighted by Crippen LogP contribution is 2.33. The Morgan fingerprint density at radius 3 is 2.21 bits per heavy atom. The monoisotopic (exact) mass is 402 g/mol. The minimum atomic E-state index is -1.16. The second-order valence-electron chi connectivity index (χ2n) is 7.16. The van der Waals surface area contributed by atoms with Crippen molar-refractivity contribution >= 4 is 23.8 Å². The first kappa shape index (κ1) is 22.4. The lowest BCUT2D eigenvalue weighted by Gasteiger charge is -2.27. The van der Waals surface area contributed by atoms with Crippen LogP contribution in [0.1, 0.15) is 39.2 Å². The molecule has 29 heavy (non-hydrogen) atoms. The Morgan fingerprint density at radius 1 is 1.03 bits per heavy atom. The largest absolute Gasteiger partial charge is 0.342 e. The van der Waals surface area contributed by atoms with Crippen molar-refractivity contribution in [1.82, 2.24) is 20.0 Å². The molecular formula is C21H30N4O4. The van der Waals surface area contributed by atoms with Crippen LogP contribution in [0.3, 0.4) is 0 Å². The standard InChI is InChI=1S/C21H30N4O4/c1-5-13-21(16-11-9-8-10-12-16)19(28)25(20(29)22-21)15-17(26)23(4)14-18(27)24(6-2)7-3/h8-12H,5-7,13-15H2,1-4H3,(H,22,29)/t21-/m1/s1. The Labute approximate surface area is 171 Å². The Bertz CT molecular complexity index is 763. The van der Waals surface area contributed by atoms with Crippen molar-refractivity contribution in [3.63, 3.8) is 0 Å². The summed E-state index contributed by atoms with van der Waals surface area (Å²) in [5.74, 6) is -1.07. The number of rotatable bonds is 9. The Hall–Kier alpha value is -2.90. The lowest BCUT2D eigenvalue weighted by molar-refractivity contribution is -0.142. The molecule has 5 amide bonds. The minimum Gasteiger partial charge on any atom is -0.342 e. The van der Waals surface area contributed by atoms with Gasteiger partial charge in [0, 0.05) is 20.1 Å². The Morgan fingerprint density at radius 2 is 1.66 bits per heavy atom. The van der Waals surface area contributed by atoms with Gasteiger partial charge in [-0.1, -0.05) is 43.7 Å². The zero-order valence-corrected chi connectivity index (χ0v) is 17.6. The molecule has 1 N–H and O–H groups in total. The van der Waals surface area contributed by atoms with Gasteiger partial charge in [0.05, 0.1) is 6.54 Å². The summed E-state index contributed by atoms with van der Waals surface area (Å²) in [7, 11) is 1.50. The number of hydrogen-bond acceptors (Lipinski definition) is 4. The van der Waals surface area contributed by atoms with E-state index in [1.165, 1.54) is 11.9 Å². The fraction of sp³-hybridized carbons (Fsp3) is 0.524. The second-order valence-corrected chi connectivity index (χ2v) is 7.16. The number of nitrogens with zero attached hydrogens (tertiary/aromatic N) is 3. The molecule has 0 aliphatic carbocycles. The molecule has 1 aromatic carbocycles. The fourth-order valence-electron chi connectivity index (χ4n) is 3.60. The van der Waals surface area contributed by atoms with Crippen LogP contribution < -0.4 is 5.32 Å². The van der Waals surface area contributed by atoms with Crippen LogP contribution in [0.4, 0.5) is 4.79 Å². The third kappa shape index (κ3) is 4.58. The van der Waals surface area contributed by atoms with Crippen molar-refractivity contribution in [2.24, 2.45) is 0 Å². The zero-order chi connectivity index (χ0) is 21.6. The number of hydrogen-bond donors (Lipinski definition) is 1. The maximum atomic E-state index is 13.2. The lowest BCUT2D eigenvalue weighted by Crippen LogP contribution is -2.47. The van der Waals surface area contributed by atoms with Crippen LogP contribution >= 0.6 is 0 Å². The van der Waals surface area contributed by atoms with Crippen LogP contribution in [0, 0.1) is 0 Å². The van der Waals surface area contributed by atoms with E-state index in [4.69, 9.17) is 0 Å². The number of carbonyl (C=O) groups excluding carboxylic acids is 4. The molecule has 1 fully saturated rings. The van der Waals surface area contributed by atoms with Crippen LogP contribution in [0.2, 0.25) is 0 Å². The van der Waals surface area contributed by atoms with Gasteiger partial charge in [-0.2, -0.15) is 0 Å². The van der Waals surface area contributed by atoms with Crippen molar-refractivity contribution in [3.05, 3.63) is 35.9 Å². The minimum absolute atomic E-state index is 0.0943. The number of imide groups is 1. The molecule has 158 valence electrons. The van der Waals surface area contributed by atoms with E-state index >= 15 is 0 Å². The van der Waals surface area contributed by atoms with Gasteiger partial charge >= 0.3 is 6.03 Å². The van der Waals surface area contributed by atoms with Crippen LogP contribution in [0.5, 0.6) is 0 Å². The summed E-state index contributed by atoms with van der Waals surface area (Å²) < 4.78 is 0. The predicted molar refractivity (Wildman–Crippen MR) is 109 cm³/mol. The first-order valence-electron chi connectivity index (χ1n) is 10.0. The van der Waals surface area contributed by atoms with Gasteiger partial charge in [-0.25, -0.2) is 4.79 Å². The third-order valence-electron chi connectivity index (χ3n) is 5.28. The third-order valence-corrected chi connectivity index (χ3v) is 5.28. The number of amides is 5. The number of urea groups is 1. The summed E-state index contributed by atoms with van der Waals surface area (Å²) in [6, 6.07) is 8.47. The summed E-state index contributed by atoms with van der Waals surface area (Å²) in [5, 5.41) is 2.80. The summed E-state index contributed by atoms with van der Waals surface area (Å²) >= 11 is 0. The van der Waals surface area contributed by atoms with Crippen molar-refractivity contribution < 1.29 is 19.2 Å². The van der Waals surface area contributed by atoms with E-state index in [0.29, 0.717) is 31.5 Å². The number of carbonyl (C=O) groups is 4. The molecule has 0 radical (unpaired) electrons. The van der Waals surface area contributed by atoms with Crippen LogP contribution in [-0.2, 0) is 19.9 Å². The molecule has 0 saturated carbocycles. The SMILES string of the molecule is CCC[C@]1(c2ccccc2)NC(=O)N(CC(=O)N(C)CC(=O)N(CC)CC)C1=O. The lowest BCUT2D eigenvalue weighted by atomic mass is 9.85. The van der Waals surface area contributed by atoms with Gasteiger partial charge in [0.2, 0.25) is 11.8 Å². The second kappa shape index (κ2) is 9.54. The van der Waals surface area contributed by atoms with E-state index in [0.717, 1.165) is 4.90 Å². The van der Waals surface area contributed by atoms with E-state index < -0.39 is 29.9 Å².